The lowest BCUT2D eigenvalue weighted by molar-refractivity contribution is 0.107. The van der Waals surface area contributed by atoms with Gasteiger partial charge in [-0.3, -0.25) is 9.80 Å². The van der Waals surface area contributed by atoms with Crippen LogP contribution in [0.25, 0.3) is 0 Å². The minimum absolute atomic E-state index is 0.345. The third-order valence-corrected chi connectivity index (χ3v) is 4.77. The average Bonchev–Trinajstić information content (AvgIpc) is 3.13. The highest BCUT2D eigenvalue weighted by atomic mass is 16.3. The number of nitrogens with one attached hydrogen (secondary N) is 1. The minimum atomic E-state index is -0.345. The van der Waals surface area contributed by atoms with Crippen molar-refractivity contribution < 1.29 is 5.11 Å². The van der Waals surface area contributed by atoms with Gasteiger partial charge in [-0.15, -0.1) is 10.2 Å². The van der Waals surface area contributed by atoms with Crippen molar-refractivity contribution in [2.75, 3.05) is 32.7 Å². The Bertz CT molecular complexity index is 638. The lowest BCUT2D eigenvalue weighted by Crippen LogP contribution is -2.34. The van der Waals surface area contributed by atoms with E-state index < -0.39 is 0 Å². The standard InChI is InChI=1S/C15H24N8O/c24-13-9-21(5-3-14-17-19-20-18-14)7-8-22(10-13)11-15-16-4-6-23(15)12-1-2-12/h4,6,12-13,24H,1-3,5,7-11H2,(H,17,18,19,20). The fourth-order valence-corrected chi connectivity index (χ4v) is 3.36. The van der Waals surface area contributed by atoms with Gasteiger partial charge in [-0.1, -0.05) is 5.21 Å². The number of β-amino-alcohol motifs (C(OH)–C–C–N with tert-alkyl or cyclic N) is 1. The maximum atomic E-state index is 10.3. The second kappa shape index (κ2) is 6.96. The molecule has 1 unspecified atom stereocenters. The van der Waals surface area contributed by atoms with Gasteiger partial charge in [0.05, 0.1) is 12.6 Å². The van der Waals surface area contributed by atoms with Crippen LogP contribution in [0.2, 0.25) is 0 Å². The van der Waals surface area contributed by atoms with E-state index in [0.717, 1.165) is 44.2 Å². The molecule has 1 atom stereocenters. The number of hydrogen-bond donors (Lipinski definition) is 2. The Morgan fingerprint density at radius 2 is 2.04 bits per heavy atom. The molecule has 2 aliphatic rings. The van der Waals surface area contributed by atoms with Crippen LogP contribution in [-0.2, 0) is 13.0 Å². The van der Waals surface area contributed by atoms with Crippen LogP contribution in [-0.4, -0.2) is 83.9 Å². The van der Waals surface area contributed by atoms with E-state index in [4.69, 9.17) is 0 Å². The molecular formula is C15H24N8O. The van der Waals surface area contributed by atoms with Crippen LogP contribution in [0.1, 0.15) is 30.5 Å². The summed E-state index contributed by atoms with van der Waals surface area (Å²) in [6, 6.07) is 0.644. The van der Waals surface area contributed by atoms with Crippen LogP contribution in [0, 0.1) is 0 Å². The summed E-state index contributed by atoms with van der Waals surface area (Å²) in [7, 11) is 0. The molecule has 0 aromatic carbocycles. The lowest BCUT2D eigenvalue weighted by atomic mass is 10.3. The fourth-order valence-electron chi connectivity index (χ4n) is 3.36. The summed E-state index contributed by atoms with van der Waals surface area (Å²) in [5.41, 5.74) is 0. The Kier molecular flexibility index (Phi) is 4.54. The number of imidazole rings is 1. The molecule has 0 radical (unpaired) electrons. The fraction of sp³-hybridized carbons (Fsp3) is 0.733. The number of aromatic nitrogens is 6. The Balaban J connectivity index is 1.32. The quantitative estimate of drug-likeness (QED) is 0.732. The largest absolute Gasteiger partial charge is 0.390 e. The Labute approximate surface area is 140 Å². The lowest BCUT2D eigenvalue weighted by Gasteiger charge is -2.21. The summed E-state index contributed by atoms with van der Waals surface area (Å²) in [5.74, 6) is 1.84. The van der Waals surface area contributed by atoms with E-state index in [-0.39, 0.29) is 6.10 Å². The van der Waals surface area contributed by atoms with Gasteiger partial charge in [0, 0.05) is 57.6 Å². The number of rotatable bonds is 6. The first kappa shape index (κ1) is 15.7. The van der Waals surface area contributed by atoms with Gasteiger partial charge in [0.15, 0.2) is 5.82 Å². The van der Waals surface area contributed by atoms with Crippen LogP contribution in [0.3, 0.4) is 0 Å². The van der Waals surface area contributed by atoms with Crippen molar-refractivity contribution in [2.45, 2.75) is 38.0 Å². The SMILES string of the molecule is OC1CN(CCc2nn[nH]n2)CCN(Cc2nccn2C2CC2)C1. The first-order chi connectivity index (χ1) is 11.8. The molecule has 0 spiro atoms. The molecule has 3 heterocycles. The van der Waals surface area contributed by atoms with Crippen LogP contribution in [0.4, 0.5) is 0 Å². The van der Waals surface area contributed by atoms with E-state index >= 15 is 0 Å². The first-order valence-electron chi connectivity index (χ1n) is 8.65. The highest BCUT2D eigenvalue weighted by Crippen LogP contribution is 2.35. The topological polar surface area (TPSA) is 99.0 Å². The van der Waals surface area contributed by atoms with Gasteiger partial charge in [0.25, 0.3) is 0 Å². The van der Waals surface area contributed by atoms with Crippen molar-refractivity contribution in [1.82, 2.24) is 40.0 Å². The summed E-state index contributed by atoms with van der Waals surface area (Å²) in [5, 5.41) is 24.4. The highest BCUT2D eigenvalue weighted by molar-refractivity contribution is 4.99. The summed E-state index contributed by atoms with van der Waals surface area (Å²) >= 11 is 0. The predicted octanol–water partition coefficient (Wildman–Crippen LogP) is -0.548. The number of tetrazole rings is 1. The molecule has 2 N–H and O–H groups in total. The number of aliphatic hydroxyl groups is 1. The van der Waals surface area contributed by atoms with Gasteiger partial charge < -0.3 is 9.67 Å². The number of H-pyrrole nitrogens is 1. The molecule has 0 amide bonds. The third kappa shape index (κ3) is 3.80. The average molecular weight is 332 g/mol. The summed E-state index contributed by atoms with van der Waals surface area (Å²) in [4.78, 5) is 9.09. The smallest absolute Gasteiger partial charge is 0.175 e. The van der Waals surface area contributed by atoms with E-state index in [2.05, 4.69) is 46.2 Å². The zero-order valence-corrected chi connectivity index (χ0v) is 13.8. The van der Waals surface area contributed by atoms with Gasteiger partial charge in [-0.25, -0.2) is 4.98 Å². The molecule has 0 bridgehead atoms. The molecule has 1 aliphatic heterocycles. The zero-order valence-electron chi connectivity index (χ0n) is 13.8. The zero-order chi connectivity index (χ0) is 16.4. The van der Waals surface area contributed by atoms with Crippen LogP contribution >= 0.6 is 0 Å². The van der Waals surface area contributed by atoms with Gasteiger partial charge in [0.2, 0.25) is 0 Å². The van der Waals surface area contributed by atoms with E-state index in [1.165, 1.54) is 12.8 Å². The highest BCUT2D eigenvalue weighted by Gasteiger charge is 2.27. The molecule has 130 valence electrons. The normalized spacial score (nSPS) is 23.5. The molecule has 24 heavy (non-hydrogen) atoms. The molecule has 9 heteroatoms. The Morgan fingerprint density at radius 1 is 1.21 bits per heavy atom. The summed E-state index contributed by atoms with van der Waals surface area (Å²) < 4.78 is 2.30. The number of nitrogens with zero attached hydrogens (tertiary/aromatic N) is 7. The summed E-state index contributed by atoms with van der Waals surface area (Å²) in [6.45, 7) is 4.88. The third-order valence-electron chi connectivity index (χ3n) is 4.77. The molecular weight excluding hydrogens is 308 g/mol. The minimum Gasteiger partial charge on any atom is -0.390 e. The van der Waals surface area contributed by atoms with Crippen LogP contribution in [0.15, 0.2) is 12.4 Å². The summed E-state index contributed by atoms with van der Waals surface area (Å²) in [6.07, 6.45) is 6.89. The van der Waals surface area contributed by atoms with Crippen molar-refractivity contribution >= 4 is 0 Å². The molecule has 9 nitrogen and oxygen atoms in total. The number of aromatic amines is 1. The monoisotopic (exact) mass is 332 g/mol. The van der Waals surface area contributed by atoms with Crippen molar-refractivity contribution in [2.24, 2.45) is 0 Å². The molecule has 2 aromatic rings. The molecule has 1 aliphatic carbocycles. The number of hydrogen-bond acceptors (Lipinski definition) is 7. The van der Waals surface area contributed by atoms with Gasteiger partial charge >= 0.3 is 0 Å². The molecule has 1 saturated carbocycles. The second-order valence-electron chi connectivity index (χ2n) is 6.75. The Morgan fingerprint density at radius 3 is 2.83 bits per heavy atom. The van der Waals surface area contributed by atoms with Crippen LogP contribution < -0.4 is 0 Å². The molecule has 2 aromatic heterocycles. The molecule has 1 saturated heterocycles. The van der Waals surface area contributed by atoms with Gasteiger partial charge in [-0.2, -0.15) is 5.21 Å². The first-order valence-corrected chi connectivity index (χ1v) is 8.65. The van der Waals surface area contributed by atoms with E-state index in [1.54, 1.807) is 0 Å². The van der Waals surface area contributed by atoms with E-state index in [9.17, 15) is 5.11 Å². The Hall–Kier alpha value is -1.84. The number of aliphatic hydroxyl groups excluding tert-OH is 1. The maximum absolute atomic E-state index is 10.3. The maximum Gasteiger partial charge on any atom is 0.175 e. The van der Waals surface area contributed by atoms with Gasteiger partial charge in [0.1, 0.15) is 5.82 Å². The van der Waals surface area contributed by atoms with Crippen molar-refractivity contribution in [3.8, 4) is 0 Å². The van der Waals surface area contributed by atoms with Gasteiger partial charge in [-0.05, 0) is 12.8 Å². The predicted molar refractivity (Wildman–Crippen MR) is 86.1 cm³/mol. The van der Waals surface area contributed by atoms with Crippen molar-refractivity contribution in [3.05, 3.63) is 24.0 Å². The van der Waals surface area contributed by atoms with Crippen LogP contribution in [0.5, 0.6) is 0 Å². The van der Waals surface area contributed by atoms with Crippen molar-refractivity contribution in [1.29, 1.82) is 0 Å². The van der Waals surface area contributed by atoms with Crippen molar-refractivity contribution in [3.63, 3.8) is 0 Å². The molecule has 4 rings (SSSR count). The molecule has 2 fully saturated rings. The van der Waals surface area contributed by atoms with E-state index in [0.29, 0.717) is 19.1 Å². The second-order valence-corrected chi connectivity index (χ2v) is 6.75. The van der Waals surface area contributed by atoms with E-state index in [1.807, 2.05) is 6.20 Å².